The Bertz CT molecular complexity index is 281. The maximum absolute atomic E-state index is 11.4. The lowest BCUT2D eigenvalue weighted by Crippen LogP contribution is -2.37. The van der Waals surface area contributed by atoms with Crippen LogP contribution in [-0.2, 0) is 13.9 Å². The van der Waals surface area contributed by atoms with Crippen LogP contribution in [0.25, 0.3) is 0 Å². The molecular formula is C11H23NO3P+. The van der Waals surface area contributed by atoms with E-state index in [1.807, 2.05) is 21.1 Å². The number of nitrogens with zero attached hydrogens (tertiary/aromatic N) is 1. The molecule has 0 heterocycles. The second-order valence-corrected chi connectivity index (χ2v) is 6.47. The van der Waals surface area contributed by atoms with Crippen LogP contribution in [0.5, 0.6) is 0 Å². The minimum atomic E-state index is -2.06. The summed E-state index contributed by atoms with van der Waals surface area (Å²) in [7, 11) is 4.08. The Morgan fingerprint density at radius 1 is 1.38 bits per heavy atom. The largest absolute Gasteiger partial charge is 0.329 e. The number of carbonyl (C=O) groups is 1. The van der Waals surface area contributed by atoms with Gasteiger partial charge in [-0.05, 0) is 12.5 Å². The van der Waals surface area contributed by atoms with Crippen molar-refractivity contribution in [3.8, 4) is 0 Å². The third-order valence-electron chi connectivity index (χ3n) is 2.06. The van der Waals surface area contributed by atoms with Crippen LogP contribution in [0.1, 0.15) is 13.3 Å². The number of hydrogen-bond acceptors (Lipinski definition) is 3. The van der Waals surface area contributed by atoms with Gasteiger partial charge in [-0.2, -0.15) is 0 Å². The Morgan fingerprint density at radius 2 is 1.94 bits per heavy atom. The van der Waals surface area contributed by atoms with E-state index in [1.165, 1.54) is 0 Å². The molecule has 5 heteroatoms. The van der Waals surface area contributed by atoms with Crippen molar-refractivity contribution in [3.63, 3.8) is 0 Å². The van der Waals surface area contributed by atoms with Crippen molar-refractivity contribution in [2.24, 2.45) is 0 Å². The predicted molar refractivity (Wildman–Crippen MR) is 67.2 cm³/mol. The molecule has 0 saturated heterocycles. The summed E-state index contributed by atoms with van der Waals surface area (Å²) >= 11 is 0. The molecule has 0 saturated carbocycles. The lowest BCUT2D eigenvalue weighted by atomic mass is 10.2. The van der Waals surface area contributed by atoms with Crippen LogP contribution in [-0.4, -0.2) is 50.7 Å². The van der Waals surface area contributed by atoms with E-state index in [9.17, 15) is 9.36 Å². The van der Waals surface area contributed by atoms with Gasteiger partial charge in [-0.15, -0.1) is 0 Å². The normalized spacial score (nSPS) is 13.5. The maximum atomic E-state index is 11.4. The predicted octanol–water partition coefficient (Wildman–Crippen LogP) is 1.72. The molecule has 0 radical (unpaired) electrons. The van der Waals surface area contributed by atoms with Gasteiger partial charge in [0.2, 0.25) is 0 Å². The second kappa shape index (κ2) is 7.00. The number of Topliss-reactive ketones (excluding diaryl/α,β-unsaturated/α-hetero) is 1. The molecular weight excluding hydrogens is 225 g/mol. The minimum absolute atomic E-state index is 0.0337. The molecule has 0 aromatic heterocycles. The maximum Gasteiger partial charge on any atom is 0.192 e. The molecule has 0 spiro atoms. The topological polar surface area (TPSA) is 43.4 Å². The Hall–Kier alpha value is -0.440. The number of ketones is 1. The van der Waals surface area contributed by atoms with E-state index < -0.39 is 8.03 Å². The van der Waals surface area contributed by atoms with E-state index in [2.05, 4.69) is 6.58 Å². The van der Waals surface area contributed by atoms with Crippen LogP contribution < -0.4 is 0 Å². The van der Waals surface area contributed by atoms with Gasteiger partial charge in [0, 0.05) is 12.6 Å². The molecule has 1 atom stereocenters. The van der Waals surface area contributed by atoms with Gasteiger partial charge in [0.05, 0.1) is 21.1 Å². The zero-order chi connectivity index (χ0) is 12.8. The van der Waals surface area contributed by atoms with Gasteiger partial charge in [-0.25, -0.2) is 0 Å². The first kappa shape index (κ1) is 15.6. The highest BCUT2D eigenvalue weighted by atomic mass is 31.1. The highest BCUT2D eigenvalue weighted by molar-refractivity contribution is 7.39. The third-order valence-corrected chi connectivity index (χ3v) is 3.24. The average Bonchev–Trinajstić information content (AvgIpc) is 2.11. The number of allylic oxidation sites excluding steroid dienone is 1. The Kier molecular flexibility index (Phi) is 6.81. The molecule has 16 heavy (non-hydrogen) atoms. The van der Waals surface area contributed by atoms with Gasteiger partial charge < -0.3 is 9.01 Å². The number of hydrogen-bond donors (Lipinski definition) is 0. The van der Waals surface area contributed by atoms with Gasteiger partial charge in [0.25, 0.3) is 0 Å². The molecule has 4 nitrogen and oxygen atoms in total. The summed E-state index contributed by atoms with van der Waals surface area (Å²) in [6.07, 6.45) is 0.602. The summed E-state index contributed by atoms with van der Waals surface area (Å²) in [4.78, 5) is 11.2. The van der Waals surface area contributed by atoms with Crippen LogP contribution in [0.3, 0.4) is 0 Å². The minimum Gasteiger partial charge on any atom is -0.329 e. The highest BCUT2D eigenvalue weighted by Crippen LogP contribution is 2.23. The number of rotatable bonds is 8. The van der Waals surface area contributed by atoms with Gasteiger partial charge in [0.15, 0.2) is 13.8 Å². The van der Waals surface area contributed by atoms with Crippen molar-refractivity contribution in [1.82, 2.24) is 0 Å². The van der Waals surface area contributed by atoms with Crippen LogP contribution in [0.4, 0.5) is 0 Å². The van der Waals surface area contributed by atoms with Gasteiger partial charge in [-0.3, -0.25) is 9.36 Å². The summed E-state index contributed by atoms with van der Waals surface area (Å²) in [5, 5.41) is 0. The molecule has 0 aromatic rings. The molecule has 94 valence electrons. The molecule has 1 unspecified atom stereocenters. The molecule has 0 aromatic carbocycles. The van der Waals surface area contributed by atoms with E-state index in [-0.39, 0.29) is 12.2 Å². The lowest BCUT2D eigenvalue weighted by Gasteiger charge is -2.23. The van der Waals surface area contributed by atoms with Gasteiger partial charge in [0.1, 0.15) is 13.2 Å². The van der Waals surface area contributed by atoms with Crippen LogP contribution in [0.15, 0.2) is 12.2 Å². The van der Waals surface area contributed by atoms with Gasteiger partial charge in [-0.1, -0.05) is 6.58 Å². The van der Waals surface area contributed by atoms with Crippen molar-refractivity contribution < 1.29 is 18.4 Å². The number of carbonyl (C=O) groups excluding carboxylic acids is 1. The SMILES string of the molecule is C=C(C)C(=O)CC[PH](=O)OCC[N+](C)(C)C. The lowest BCUT2D eigenvalue weighted by molar-refractivity contribution is -0.870. The van der Waals surface area contributed by atoms with E-state index >= 15 is 0 Å². The van der Waals surface area contributed by atoms with Gasteiger partial charge >= 0.3 is 0 Å². The monoisotopic (exact) mass is 248 g/mol. The zero-order valence-electron chi connectivity index (χ0n) is 10.7. The van der Waals surface area contributed by atoms with Crippen LogP contribution in [0.2, 0.25) is 0 Å². The fourth-order valence-electron chi connectivity index (χ4n) is 0.934. The smallest absolute Gasteiger partial charge is 0.192 e. The van der Waals surface area contributed by atoms with Crippen LogP contribution in [0, 0.1) is 0 Å². The zero-order valence-corrected chi connectivity index (χ0v) is 11.7. The Balaban J connectivity index is 3.68. The summed E-state index contributed by atoms with van der Waals surface area (Å²) in [5.41, 5.74) is 0.515. The molecule has 0 aliphatic heterocycles. The standard InChI is InChI=1S/C11H23NO3P/c1-10(2)11(13)6-9-16(14)15-8-7-12(3,4)5/h16H,1,6-9H2,2-5H3/q+1. The number of quaternary nitrogens is 1. The Morgan fingerprint density at radius 3 is 2.38 bits per heavy atom. The average molecular weight is 248 g/mol. The first-order chi connectivity index (χ1) is 7.22. The van der Waals surface area contributed by atoms with E-state index in [1.54, 1.807) is 6.92 Å². The second-order valence-electron chi connectivity index (χ2n) is 4.94. The molecule has 0 rings (SSSR count). The third kappa shape index (κ3) is 8.84. The molecule has 0 bridgehead atoms. The fourth-order valence-corrected chi connectivity index (χ4v) is 1.83. The van der Waals surface area contributed by atoms with Crippen molar-refractivity contribution >= 4 is 13.8 Å². The molecule has 0 aliphatic rings. The highest BCUT2D eigenvalue weighted by Gasteiger charge is 2.10. The van der Waals surface area contributed by atoms with E-state index in [4.69, 9.17) is 4.52 Å². The molecule has 0 amide bonds. The van der Waals surface area contributed by atoms with Crippen molar-refractivity contribution in [1.29, 1.82) is 0 Å². The summed E-state index contributed by atoms with van der Waals surface area (Å²) in [6, 6.07) is 0. The first-order valence-corrected chi connectivity index (χ1v) is 6.89. The molecule has 0 aliphatic carbocycles. The summed E-state index contributed by atoms with van der Waals surface area (Å²) in [5.74, 6) is -0.0337. The summed E-state index contributed by atoms with van der Waals surface area (Å²) in [6.45, 7) is 6.49. The summed E-state index contributed by atoms with van der Waals surface area (Å²) < 4.78 is 17.4. The fraction of sp³-hybridized carbons (Fsp3) is 0.727. The van der Waals surface area contributed by atoms with Crippen molar-refractivity contribution in [3.05, 3.63) is 12.2 Å². The Labute approximate surface area is 98.7 Å². The van der Waals surface area contributed by atoms with E-state index in [0.717, 1.165) is 11.0 Å². The quantitative estimate of drug-likeness (QED) is 0.373. The molecule has 0 fully saturated rings. The first-order valence-electron chi connectivity index (χ1n) is 5.37. The van der Waals surface area contributed by atoms with Crippen LogP contribution >= 0.6 is 8.03 Å². The van der Waals surface area contributed by atoms with Crippen molar-refractivity contribution in [2.75, 3.05) is 40.5 Å². The van der Waals surface area contributed by atoms with E-state index in [0.29, 0.717) is 18.3 Å². The molecule has 0 N–H and O–H groups in total. The van der Waals surface area contributed by atoms with Crippen molar-refractivity contribution in [2.45, 2.75) is 13.3 Å². The number of likely N-dealkylation sites (N-methyl/N-ethyl adjacent to an activating group) is 1.